The minimum Gasteiger partial charge on any atom is -0.362 e. The number of carbonyl (C=O) groups excluding carboxylic acids is 2. The maximum absolute atomic E-state index is 12.4. The first-order valence-electron chi connectivity index (χ1n) is 10.1. The van der Waals surface area contributed by atoms with Crippen molar-refractivity contribution in [1.82, 2.24) is 10.2 Å². The predicted octanol–water partition coefficient (Wildman–Crippen LogP) is 3.91. The second kappa shape index (κ2) is 8.56. The summed E-state index contributed by atoms with van der Waals surface area (Å²) in [5.74, 6) is 0.240. The van der Waals surface area contributed by atoms with Gasteiger partial charge in [-0.1, -0.05) is 51.2 Å². The standard InChI is InChI=1S/C21H31N3O2/c1-2-3-4-5-6-7-12-19(25)24-15-13-21(14-16-24)22-18-11-9-8-10-17(18)20(26)23-21/h8-11,22H,2-7,12-16H2,1H3,(H,23,26). The molecule has 26 heavy (non-hydrogen) atoms. The summed E-state index contributed by atoms with van der Waals surface area (Å²) in [4.78, 5) is 26.8. The van der Waals surface area contributed by atoms with Crippen molar-refractivity contribution in [2.24, 2.45) is 0 Å². The Hall–Kier alpha value is -2.04. The van der Waals surface area contributed by atoms with Crippen molar-refractivity contribution < 1.29 is 9.59 Å². The number of amides is 2. The molecule has 0 bridgehead atoms. The zero-order valence-corrected chi connectivity index (χ0v) is 15.9. The van der Waals surface area contributed by atoms with Gasteiger partial charge in [-0.25, -0.2) is 0 Å². The molecule has 142 valence electrons. The van der Waals surface area contributed by atoms with Crippen LogP contribution in [0.1, 0.15) is 75.1 Å². The van der Waals surface area contributed by atoms with E-state index in [1.54, 1.807) is 0 Å². The summed E-state index contributed by atoms with van der Waals surface area (Å²) >= 11 is 0. The summed E-state index contributed by atoms with van der Waals surface area (Å²) in [6.07, 6.45) is 9.35. The summed E-state index contributed by atoms with van der Waals surface area (Å²) < 4.78 is 0. The van der Waals surface area contributed by atoms with Crippen molar-refractivity contribution in [3.05, 3.63) is 29.8 Å². The Morgan fingerprint density at radius 3 is 2.50 bits per heavy atom. The van der Waals surface area contributed by atoms with E-state index in [-0.39, 0.29) is 11.8 Å². The van der Waals surface area contributed by atoms with Crippen LogP contribution in [-0.4, -0.2) is 35.5 Å². The number of hydrogen-bond donors (Lipinski definition) is 2. The van der Waals surface area contributed by atoms with Gasteiger partial charge in [-0.05, 0) is 18.6 Å². The molecular formula is C21H31N3O2. The number of fused-ring (bicyclic) bond motifs is 1. The molecule has 2 aliphatic heterocycles. The normalized spacial score (nSPS) is 18.2. The summed E-state index contributed by atoms with van der Waals surface area (Å²) in [6, 6.07) is 7.61. The average molecular weight is 357 g/mol. The van der Waals surface area contributed by atoms with Gasteiger partial charge in [-0.2, -0.15) is 0 Å². The first-order valence-corrected chi connectivity index (χ1v) is 10.1. The van der Waals surface area contributed by atoms with E-state index >= 15 is 0 Å². The molecule has 2 N–H and O–H groups in total. The van der Waals surface area contributed by atoms with Gasteiger partial charge in [0.05, 0.1) is 5.56 Å². The smallest absolute Gasteiger partial charge is 0.255 e. The second-order valence-electron chi connectivity index (χ2n) is 7.61. The molecule has 2 amide bonds. The van der Waals surface area contributed by atoms with Crippen LogP contribution in [0.25, 0.3) is 0 Å². The van der Waals surface area contributed by atoms with Crippen LogP contribution in [-0.2, 0) is 4.79 Å². The number of unbranched alkanes of at least 4 members (excludes halogenated alkanes) is 5. The Kier molecular flexibility index (Phi) is 6.17. The van der Waals surface area contributed by atoms with Crippen molar-refractivity contribution >= 4 is 17.5 Å². The number of rotatable bonds is 7. The van der Waals surface area contributed by atoms with Gasteiger partial charge in [0, 0.05) is 38.0 Å². The van der Waals surface area contributed by atoms with Crippen LogP contribution >= 0.6 is 0 Å². The summed E-state index contributed by atoms with van der Waals surface area (Å²) in [5.41, 5.74) is 1.17. The van der Waals surface area contributed by atoms with E-state index < -0.39 is 5.66 Å². The molecule has 2 aliphatic rings. The van der Waals surface area contributed by atoms with E-state index in [0.29, 0.717) is 25.1 Å². The fraction of sp³-hybridized carbons (Fsp3) is 0.619. The molecule has 0 atom stereocenters. The van der Waals surface area contributed by atoms with E-state index in [4.69, 9.17) is 0 Å². The molecule has 1 spiro atoms. The molecule has 0 aromatic heterocycles. The average Bonchev–Trinajstić information content (AvgIpc) is 2.65. The molecule has 0 aliphatic carbocycles. The van der Waals surface area contributed by atoms with Gasteiger partial charge in [0.25, 0.3) is 5.91 Å². The second-order valence-corrected chi connectivity index (χ2v) is 7.61. The number of hydrogen-bond acceptors (Lipinski definition) is 3. The van der Waals surface area contributed by atoms with Crippen LogP contribution in [0.4, 0.5) is 5.69 Å². The molecule has 1 aromatic rings. The van der Waals surface area contributed by atoms with Gasteiger partial charge in [0.15, 0.2) is 0 Å². The van der Waals surface area contributed by atoms with Gasteiger partial charge in [-0.15, -0.1) is 0 Å². The Balaban J connectivity index is 1.46. The van der Waals surface area contributed by atoms with E-state index in [9.17, 15) is 9.59 Å². The summed E-state index contributed by atoms with van der Waals surface area (Å²) in [6.45, 7) is 3.61. The lowest BCUT2D eigenvalue weighted by atomic mass is 9.92. The highest BCUT2D eigenvalue weighted by Gasteiger charge is 2.40. The molecule has 0 saturated carbocycles. The summed E-state index contributed by atoms with van der Waals surface area (Å²) in [5, 5.41) is 6.64. The van der Waals surface area contributed by atoms with Crippen LogP contribution in [0.5, 0.6) is 0 Å². The van der Waals surface area contributed by atoms with E-state index in [2.05, 4.69) is 17.6 Å². The Morgan fingerprint density at radius 2 is 1.73 bits per heavy atom. The lowest BCUT2D eigenvalue weighted by molar-refractivity contribution is -0.132. The van der Waals surface area contributed by atoms with Crippen molar-refractivity contribution in [2.45, 2.75) is 70.4 Å². The van der Waals surface area contributed by atoms with Gasteiger partial charge in [-0.3, -0.25) is 9.59 Å². The van der Waals surface area contributed by atoms with Crippen molar-refractivity contribution in [3.8, 4) is 0 Å². The third kappa shape index (κ3) is 4.37. The third-order valence-corrected chi connectivity index (χ3v) is 5.61. The Labute approximate surface area is 156 Å². The van der Waals surface area contributed by atoms with E-state index in [0.717, 1.165) is 31.4 Å². The van der Waals surface area contributed by atoms with Crippen molar-refractivity contribution in [3.63, 3.8) is 0 Å². The number of carbonyl (C=O) groups is 2. The van der Waals surface area contributed by atoms with Gasteiger partial charge in [0.1, 0.15) is 5.66 Å². The van der Waals surface area contributed by atoms with Crippen molar-refractivity contribution in [1.29, 1.82) is 0 Å². The highest BCUT2D eigenvalue weighted by molar-refractivity contribution is 6.02. The first kappa shape index (κ1) is 18.7. The van der Waals surface area contributed by atoms with Crippen molar-refractivity contribution in [2.75, 3.05) is 18.4 Å². The molecule has 5 nitrogen and oxygen atoms in total. The zero-order chi connectivity index (χ0) is 18.4. The highest BCUT2D eigenvalue weighted by Crippen LogP contribution is 2.31. The van der Waals surface area contributed by atoms with Gasteiger partial charge < -0.3 is 15.5 Å². The Bertz CT molecular complexity index is 636. The van der Waals surface area contributed by atoms with E-state index in [1.165, 1.54) is 25.7 Å². The molecule has 0 radical (unpaired) electrons. The maximum atomic E-state index is 12.4. The number of nitrogens with one attached hydrogen (secondary N) is 2. The minimum atomic E-state index is -0.414. The lowest BCUT2D eigenvalue weighted by Crippen LogP contribution is -2.62. The van der Waals surface area contributed by atoms with E-state index in [1.807, 2.05) is 29.2 Å². The summed E-state index contributed by atoms with van der Waals surface area (Å²) in [7, 11) is 0. The SMILES string of the molecule is CCCCCCCCC(=O)N1CCC2(CC1)NC(=O)c1ccccc1N2. The number of benzene rings is 1. The molecule has 1 aromatic carbocycles. The van der Waals surface area contributed by atoms with Crippen LogP contribution in [0.15, 0.2) is 24.3 Å². The predicted molar refractivity (Wildman–Crippen MR) is 104 cm³/mol. The zero-order valence-electron chi connectivity index (χ0n) is 15.9. The lowest BCUT2D eigenvalue weighted by Gasteiger charge is -2.45. The monoisotopic (exact) mass is 357 g/mol. The molecule has 1 saturated heterocycles. The number of piperidine rings is 1. The third-order valence-electron chi connectivity index (χ3n) is 5.61. The molecule has 0 unspecified atom stereocenters. The highest BCUT2D eigenvalue weighted by atomic mass is 16.2. The molecule has 5 heteroatoms. The number of para-hydroxylation sites is 1. The molecule has 3 rings (SSSR count). The molecule has 1 fully saturated rings. The van der Waals surface area contributed by atoms with Crippen LogP contribution in [0, 0.1) is 0 Å². The molecular weight excluding hydrogens is 326 g/mol. The minimum absolute atomic E-state index is 0.0220. The maximum Gasteiger partial charge on any atom is 0.255 e. The van der Waals surface area contributed by atoms with Gasteiger partial charge >= 0.3 is 0 Å². The number of nitrogens with zero attached hydrogens (tertiary/aromatic N) is 1. The van der Waals surface area contributed by atoms with Crippen LogP contribution in [0.3, 0.4) is 0 Å². The van der Waals surface area contributed by atoms with Gasteiger partial charge in [0.2, 0.25) is 5.91 Å². The fourth-order valence-electron chi connectivity index (χ4n) is 3.97. The Morgan fingerprint density at radius 1 is 1.04 bits per heavy atom. The first-order chi connectivity index (χ1) is 12.6. The van der Waals surface area contributed by atoms with Crippen LogP contribution < -0.4 is 10.6 Å². The topological polar surface area (TPSA) is 61.4 Å². The van der Waals surface area contributed by atoms with Crippen LogP contribution in [0.2, 0.25) is 0 Å². The molecule has 2 heterocycles. The number of anilines is 1. The largest absolute Gasteiger partial charge is 0.362 e. The number of likely N-dealkylation sites (tertiary alicyclic amines) is 1. The quantitative estimate of drug-likeness (QED) is 0.727. The fourth-order valence-corrected chi connectivity index (χ4v) is 3.97.